The standard InChI is InChI=1S/C15H23N3O2.HI/c1-3-17-15(16)18-9-12-5-4-11(2)8-14(12)20-13-6-7-19-10-13;/h4-5,8,13H,3,6-7,9-10H2,1-2H3,(H3,16,17,18);1H. The number of ether oxygens (including phenoxy) is 2. The largest absolute Gasteiger partial charge is 0.488 e. The third kappa shape index (κ3) is 5.70. The monoisotopic (exact) mass is 405 g/mol. The van der Waals surface area contributed by atoms with Crippen LogP contribution in [0.5, 0.6) is 5.75 Å². The van der Waals surface area contributed by atoms with Gasteiger partial charge in [-0.1, -0.05) is 12.1 Å². The summed E-state index contributed by atoms with van der Waals surface area (Å²) in [6.07, 6.45) is 1.08. The number of nitrogens with one attached hydrogen (secondary N) is 1. The molecule has 0 aliphatic carbocycles. The van der Waals surface area contributed by atoms with Crippen molar-refractivity contribution in [2.45, 2.75) is 32.9 Å². The summed E-state index contributed by atoms with van der Waals surface area (Å²) >= 11 is 0. The molecule has 1 heterocycles. The van der Waals surface area contributed by atoms with Crippen molar-refractivity contribution in [1.82, 2.24) is 5.32 Å². The summed E-state index contributed by atoms with van der Waals surface area (Å²) < 4.78 is 11.4. The minimum atomic E-state index is 0. The quantitative estimate of drug-likeness (QED) is 0.448. The molecule has 3 N–H and O–H groups in total. The molecule has 5 nitrogen and oxygen atoms in total. The van der Waals surface area contributed by atoms with Crippen molar-refractivity contribution < 1.29 is 9.47 Å². The highest BCUT2D eigenvalue weighted by molar-refractivity contribution is 14.0. The zero-order valence-electron chi connectivity index (χ0n) is 12.6. The van der Waals surface area contributed by atoms with Gasteiger partial charge in [0.15, 0.2) is 5.96 Å². The first-order valence-corrected chi connectivity index (χ1v) is 7.06. The lowest BCUT2D eigenvalue weighted by atomic mass is 10.1. The third-order valence-corrected chi connectivity index (χ3v) is 3.18. The van der Waals surface area contributed by atoms with Gasteiger partial charge in [-0.25, -0.2) is 4.99 Å². The van der Waals surface area contributed by atoms with E-state index in [0.717, 1.165) is 30.9 Å². The second-order valence-electron chi connectivity index (χ2n) is 4.95. The fourth-order valence-electron chi connectivity index (χ4n) is 2.09. The Morgan fingerprint density at radius 3 is 3.00 bits per heavy atom. The number of aryl methyl sites for hydroxylation is 1. The molecule has 1 fully saturated rings. The molecule has 118 valence electrons. The normalized spacial score (nSPS) is 18.2. The van der Waals surface area contributed by atoms with Gasteiger partial charge in [-0.2, -0.15) is 0 Å². The number of hydrogen-bond donors (Lipinski definition) is 2. The SMILES string of the molecule is CCNC(N)=NCc1ccc(C)cc1OC1CCOC1.I. The van der Waals surface area contributed by atoms with Crippen molar-refractivity contribution in [3.8, 4) is 5.75 Å². The van der Waals surface area contributed by atoms with Gasteiger partial charge in [-0.3, -0.25) is 0 Å². The van der Waals surface area contributed by atoms with E-state index in [9.17, 15) is 0 Å². The lowest BCUT2D eigenvalue weighted by Crippen LogP contribution is -2.31. The van der Waals surface area contributed by atoms with Crippen LogP contribution in [-0.2, 0) is 11.3 Å². The van der Waals surface area contributed by atoms with Gasteiger partial charge in [0.05, 0.1) is 19.8 Å². The molecule has 1 aliphatic rings. The fraction of sp³-hybridized carbons (Fsp3) is 0.533. The Kier molecular flexibility index (Phi) is 7.81. The first-order chi connectivity index (χ1) is 9.69. The number of guanidine groups is 1. The molecule has 1 aromatic carbocycles. The Morgan fingerprint density at radius 2 is 2.33 bits per heavy atom. The second-order valence-corrected chi connectivity index (χ2v) is 4.95. The van der Waals surface area contributed by atoms with Crippen molar-refractivity contribution in [3.63, 3.8) is 0 Å². The van der Waals surface area contributed by atoms with E-state index in [0.29, 0.717) is 19.1 Å². The van der Waals surface area contributed by atoms with Gasteiger partial charge in [-0.05, 0) is 25.5 Å². The maximum Gasteiger partial charge on any atom is 0.188 e. The Labute approximate surface area is 143 Å². The maximum absolute atomic E-state index is 6.02. The van der Waals surface area contributed by atoms with E-state index in [2.05, 4.69) is 23.3 Å². The highest BCUT2D eigenvalue weighted by atomic mass is 127. The summed E-state index contributed by atoms with van der Waals surface area (Å²) in [5.41, 5.74) is 7.97. The van der Waals surface area contributed by atoms with E-state index in [1.165, 1.54) is 5.56 Å². The molecule has 0 amide bonds. The van der Waals surface area contributed by atoms with E-state index in [1.54, 1.807) is 0 Å². The van der Waals surface area contributed by atoms with Gasteiger partial charge in [-0.15, -0.1) is 24.0 Å². The first-order valence-electron chi connectivity index (χ1n) is 7.06. The molecule has 1 aliphatic heterocycles. The Hall–Kier alpha value is -1.02. The molecule has 1 unspecified atom stereocenters. The van der Waals surface area contributed by atoms with Gasteiger partial charge in [0, 0.05) is 18.5 Å². The van der Waals surface area contributed by atoms with Crippen LogP contribution in [0.2, 0.25) is 0 Å². The van der Waals surface area contributed by atoms with Crippen molar-refractivity contribution in [1.29, 1.82) is 0 Å². The number of aliphatic imine (C=N–C) groups is 1. The van der Waals surface area contributed by atoms with Gasteiger partial charge >= 0.3 is 0 Å². The molecular formula is C15H24IN3O2. The van der Waals surface area contributed by atoms with Gasteiger partial charge in [0.25, 0.3) is 0 Å². The molecule has 2 rings (SSSR count). The predicted octanol–water partition coefficient (Wildman–Crippen LogP) is 2.20. The van der Waals surface area contributed by atoms with Crippen LogP contribution in [0.1, 0.15) is 24.5 Å². The molecule has 0 bridgehead atoms. The van der Waals surface area contributed by atoms with Gasteiger partial charge in [0.2, 0.25) is 0 Å². The van der Waals surface area contributed by atoms with Crippen molar-refractivity contribution in [2.24, 2.45) is 10.7 Å². The Morgan fingerprint density at radius 1 is 1.52 bits per heavy atom. The summed E-state index contributed by atoms with van der Waals surface area (Å²) in [5.74, 6) is 1.34. The average Bonchev–Trinajstić information content (AvgIpc) is 2.91. The predicted molar refractivity (Wildman–Crippen MR) is 95.4 cm³/mol. The van der Waals surface area contributed by atoms with Crippen LogP contribution in [0.4, 0.5) is 0 Å². The molecule has 0 aromatic heterocycles. The third-order valence-electron chi connectivity index (χ3n) is 3.18. The van der Waals surface area contributed by atoms with E-state index in [-0.39, 0.29) is 30.1 Å². The van der Waals surface area contributed by atoms with E-state index < -0.39 is 0 Å². The number of nitrogens with zero attached hydrogens (tertiary/aromatic N) is 1. The van der Waals surface area contributed by atoms with Crippen LogP contribution >= 0.6 is 24.0 Å². The first kappa shape index (κ1) is 18.0. The van der Waals surface area contributed by atoms with Crippen LogP contribution in [0.15, 0.2) is 23.2 Å². The summed E-state index contributed by atoms with van der Waals surface area (Å²) in [4.78, 5) is 4.32. The Bertz CT molecular complexity index is 474. The lowest BCUT2D eigenvalue weighted by molar-refractivity contribution is 0.140. The molecule has 1 saturated heterocycles. The number of benzene rings is 1. The topological polar surface area (TPSA) is 68.9 Å². The minimum absolute atomic E-state index is 0. The molecular weight excluding hydrogens is 381 g/mol. The van der Waals surface area contributed by atoms with E-state index >= 15 is 0 Å². The van der Waals surface area contributed by atoms with Crippen molar-refractivity contribution >= 4 is 29.9 Å². The van der Waals surface area contributed by atoms with Crippen LogP contribution in [0, 0.1) is 6.92 Å². The zero-order chi connectivity index (χ0) is 14.4. The lowest BCUT2D eigenvalue weighted by Gasteiger charge is -2.15. The van der Waals surface area contributed by atoms with Crippen LogP contribution in [-0.4, -0.2) is 31.8 Å². The van der Waals surface area contributed by atoms with Gasteiger partial charge < -0.3 is 20.5 Å². The molecule has 1 aromatic rings. The number of halogens is 1. The van der Waals surface area contributed by atoms with Crippen molar-refractivity contribution in [2.75, 3.05) is 19.8 Å². The van der Waals surface area contributed by atoms with Crippen LogP contribution in [0.25, 0.3) is 0 Å². The highest BCUT2D eigenvalue weighted by Crippen LogP contribution is 2.24. The summed E-state index contributed by atoms with van der Waals surface area (Å²) in [7, 11) is 0. The number of nitrogens with two attached hydrogens (primary N) is 1. The number of rotatable bonds is 5. The molecule has 21 heavy (non-hydrogen) atoms. The van der Waals surface area contributed by atoms with Crippen molar-refractivity contribution in [3.05, 3.63) is 29.3 Å². The summed E-state index contributed by atoms with van der Waals surface area (Å²) in [6.45, 7) is 6.77. The molecule has 0 saturated carbocycles. The zero-order valence-corrected chi connectivity index (χ0v) is 14.9. The molecule has 0 spiro atoms. The smallest absolute Gasteiger partial charge is 0.188 e. The maximum atomic E-state index is 6.02. The summed E-state index contributed by atoms with van der Waals surface area (Å²) in [6, 6.07) is 6.15. The average molecular weight is 405 g/mol. The minimum Gasteiger partial charge on any atom is -0.488 e. The van der Waals surface area contributed by atoms with E-state index in [1.807, 2.05) is 19.1 Å². The number of hydrogen-bond acceptors (Lipinski definition) is 3. The summed E-state index contributed by atoms with van der Waals surface area (Å²) in [5, 5.41) is 2.99. The fourth-order valence-corrected chi connectivity index (χ4v) is 2.09. The van der Waals surface area contributed by atoms with Crippen LogP contribution in [0.3, 0.4) is 0 Å². The molecule has 1 atom stereocenters. The molecule has 0 radical (unpaired) electrons. The Balaban J connectivity index is 0.00000220. The van der Waals surface area contributed by atoms with Gasteiger partial charge in [0.1, 0.15) is 11.9 Å². The van der Waals surface area contributed by atoms with E-state index in [4.69, 9.17) is 15.2 Å². The highest BCUT2D eigenvalue weighted by Gasteiger charge is 2.18. The second kappa shape index (κ2) is 9.09. The molecule has 6 heteroatoms. The van der Waals surface area contributed by atoms with Crippen LogP contribution < -0.4 is 15.8 Å².